The van der Waals surface area contributed by atoms with Gasteiger partial charge in [0, 0.05) is 5.92 Å². The average Bonchev–Trinajstić information content (AvgIpc) is 2.74. The molecule has 2 saturated carbocycles. The Morgan fingerprint density at radius 2 is 1.50 bits per heavy atom. The van der Waals surface area contributed by atoms with Crippen molar-refractivity contribution in [3.05, 3.63) is 0 Å². The third-order valence-corrected chi connectivity index (χ3v) is 7.57. The zero-order valence-corrected chi connectivity index (χ0v) is 17.7. The molecule has 4 aliphatic rings. The molecule has 0 aromatic carbocycles. The van der Waals surface area contributed by atoms with Crippen LogP contribution < -0.4 is 0 Å². The maximum atomic E-state index is 11.3. The minimum absolute atomic E-state index is 0.0214. The molecule has 2 aliphatic heterocycles. The van der Waals surface area contributed by atoms with Gasteiger partial charge in [-0.2, -0.15) is 0 Å². The molecule has 2 saturated heterocycles. The predicted octanol–water partition coefficient (Wildman–Crippen LogP) is -1.90. The summed E-state index contributed by atoms with van der Waals surface area (Å²) in [4.78, 5) is 11.3. The van der Waals surface area contributed by atoms with Crippen molar-refractivity contribution >= 4 is 5.97 Å². The molecule has 11 heteroatoms. The fraction of sp³-hybridized carbons (Fsp3) is 0.952. The first-order valence-corrected chi connectivity index (χ1v) is 11.4. The fourth-order valence-electron chi connectivity index (χ4n) is 5.76. The van der Waals surface area contributed by atoms with E-state index in [0.717, 1.165) is 12.8 Å². The lowest BCUT2D eigenvalue weighted by Gasteiger charge is -2.47. The summed E-state index contributed by atoms with van der Waals surface area (Å²) in [5.41, 5.74) is 0. The number of hydrogen-bond donors (Lipinski definition) is 7. The second-order valence-electron chi connectivity index (χ2n) is 9.70. The van der Waals surface area contributed by atoms with Gasteiger partial charge in [-0.3, -0.25) is 0 Å². The predicted molar refractivity (Wildman–Crippen MR) is 105 cm³/mol. The molecule has 32 heavy (non-hydrogen) atoms. The Labute approximate surface area is 185 Å². The number of ether oxygens (including phenoxy) is 3. The monoisotopic (exact) mass is 462 g/mol. The Morgan fingerprint density at radius 1 is 0.750 bits per heavy atom. The van der Waals surface area contributed by atoms with Gasteiger partial charge in [0.1, 0.15) is 18.3 Å². The first-order chi connectivity index (χ1) is 15.2. The summed E-state index contributed by atoms with van der Waals surface area (Å²) in [6.07, 6.45) is -7.70. The van der Waals surface area contributed by atoms with Gasteiger partial charge >= 0.3 is 5.97 Å². The van der Waals surface area contributed by atoms with Gasteiger partial charge in [0.25, 0.3) is 0 Å². The van der Waals surface area contributed by atoms with Crippen LogP contribution in [-0.2, 0) is 19.0 Å². The molecule has 0 radical (unpaired) electrons. The van der Waals surface area contributed by atoms with Gasteiger partial charge in [-0.15, -0.1) is 0 Å². The normalized spacial score (nSPS) is 52.2. The minimum atomic E-state index is -1.80. The van der Waals surface area contributed by atoms with Crippen LogP contribution in [0.3, 0.4) is 0 Å². The van der Waals surface area contributed by atoms with Gasteiger partial charge in [0.2, 0.25) is 0 Å². The number of rotatable bonds is 4. The van der Waals surface area contributed by atoms with Crippen molar-refractivity contribution in [2.45, 2.75) is 112 Å². The second-order valence-corrected chi connectivity index (χ2v) is 9.70. The Morgan fingerprint density at radius 3 is 2.19 bits per heavy atom. The molecule has 0 spiro atoms. The minimum Gasteiger partial charge on any atom is -0.479 e. The summed E-state index contributed by atoms with van der Waals surface area (Å²) < 4.78 is 17.0. The van der Waals surface area contributed by atoms with Gasteiger partial charge in [0.15, 0.2) is 12.4 Å². The van der Waals surface area contributed by atoms with Gasteiger partial charge in [0.05, 0.1) is 36.6 Å². The number of aliphatic hydroxyl groups is 6. The highest BCUT2D eigenvalue weighted by atomic mass is 16.7. The number of carbonyl (C=O) groups is 1. The van der Waals surface area contributed by atoms with E-state index in [9.17, 15) is 35.4 Å². The average molecular weight is 462 g/mol. The third kappa shape index (κ3) is 4.82. The van der Waals surface area contributed by atoms with E-state index in [1.807, 2.05) is 0 Å². The molecule has 13 atom stereocenters. The second kappa shape index (κ2) is 9.77. The number of carboxylic acid groups (broad SMARTS) is 1. The van der Waals surface area contributed by atoms with Gasteiger partial charge in [-0.05, 0) is 50.9 Å². The van der Waals surface area contributed by atoms with Crippen LogP contribution in [-0.4, -0.2) is 109 Å². The molecule has 0 aromatic rings. The summed E-state index contributed by atoms with van der Waals surface area (Å²) in [6.45, 7) is 0. The first-order valence-electron chi connectivity index (χ1n) is 11.4. The van der Waals surface area contributed by atoms with Gasteiger partial charge in [-0.25, -0.2) is 4.79 Å². The molecular formula is C21H34O11. The number of fused-ring (bicyclic) bond motifs is 1. The summed E-state index contributed by atoms with van der Waals surface area (Å²) in [5, 5.41) is 69.9. The number of hydrogen-bond acceptors (Lipinski definition) is 10. The van der Waals surface area contributed by atoms with Crippen LogP contribution in [0.1, 0.15) is 44.9 Å². The molecule has 2 heterocycles. The Kier molecular flexibility index (Phi) is 7.40. The number of aliphatic hydroxyl groups excluding tert-OH is 6. The Hall–Kier alpha value is -0.890. The van der Waals surface area contributed by atoms with Crippen LogP contribution in [0.5, 0.6) is 0 Å². The van der Waals surface area contributed by atoms with Gasteiger partial charge < -0.3 is 50.0 Å². The smallest absolute Gasteiger partial charge is 0.335 e. The van der Waals surface area contributed by atoms with Crippen molar-refractivity contribution in [3.63, 3.8) is 0 Å². The van der Waals surface area contributed by atoms with Crippen LogP contribution in [0.2, 0.25) is 0 Å². The van der Waals surface area contributed by atoms with Crippen molar-refractivity contribution in [3.8, 4) is 0 Å². The van der Waals surface area contributed by atoms with Crippen LogP contribution in [0.4, 0.5) is 0 Å². The third-order valence-electron chi connectivity index (χ3n) is 7.57. The van der Waals surface area contributed by atoms with E-state index < -0.39 is 61.1 Å². The van der Waals surface area contributed by atoms with E-state index in [-0.39, 0.29) is 24.0 Å². The van der Waals surface area contributed by atoms with Crippen molar-refractivity contribution in [1.29, 1.82) is 0 Å². The van der Waals surface area contributed by atoms with Crippen LogP contribution in [0.25, 0.3) is 0 Å². The lowest BCUT2D eigenvalue weighted by molar-refractivity contribution is -0.313. The van der Waals surface area contributed by atoms with E-state index in [2.05, 4.69) is 0 Å². The molecule has 4 rings (SSSR count). The van der Waals surface area contributed by atoms with Crippen molar-refractivity contribution in [1.82, 2.24) is 0 Å². The zero-order valence-electron chi connectivity index (χ0n) is 17.7. The molecule has 13 unspecified atom stereocenters. The quantitative estimate of drug-likeness (QED) is 0.247. The van der Waals surface area contributed by atoms with E-state index in [0.29, 0.717) is 32.1 Å². The maximum Gasteiger partial charge on any atom is 0.335 e. The molecular weight excluding hydrogens is 428 g/mol. The van der Waals surface area contributed by atoms with E-state index in [4.69, 9.17) is 19.3 Å². The summed E-state index contributed by atoms with van der Waals surface area (Å²) >= 11 is 0. The summed E-state index contributed by atoms with van der Waals surface area (Å²) in [5.74, 6) is -1.42. The maximum absolute atomic E-state index is 11.3. The highest BCUT2D eigenvalue weighted by molar-refractivity contribution is 5.73. The standard InChI is InChI=1S/C21H34O11/c22-9-6-11(23)10-2-4-13(30-15(10)7-9)8-1-3-14(12(24)5-8)31-21-18(27)16(25)17(26)19(32-21)20(28)29/h8-19,21-27H,1-7H2,(H,28,29). The number of carboxylic acids is 1. The highest BCUT2D eigenvalue weighted by Gasteiger charge is 2.49. The van der Waals surface area contributed by atoms with Gasteiger partial charge in [-0.1, -0.05) is 0 Å². The van der Waals surface area contributed by atoms with Crippen LogP contribution >= 0.6 is 0 Å². The van der Waals surface area contributed by atoms with Crippen molar-refractivity contribution in [2.24, 2.45) is 11.8 Å². The lowest BCUT2D eigenvalue weighted by Crippen LogP contribution is -2.61. The SMILES string of the molecule is O=C(O)C1OC(OC2CCC(C3CCC4C(O)CC(O)CC4O3)CC2O)C(O)C(O)C1O. The molecule has 0 amide bonds. The highest BCUT2D eigenvalue weighted by Crippen LogP contribution is 2.41. The van der Waals surface area contributed by atoms with E-state index in [1.54, 1.807) is 0 Å². The molecule has 11 nitrogen and oxygen atoms in total. The molecule has 7 N–H and O–H groups in total. The van der Waals surface area contributed by atoms with E-state index in [1.165, 1.54) is 0 Å². The lowest BCUT2D eigenvalue weighted by atomic mass is 9.73. The van der Waals surface area contributed by atoms with Crippen LogP contribution in [0, 0.1) is 11.8 Å². The van der Waals surface area contributed by atoms with Crippen molar-refractivity contribution in [2.75, 3.05) is 0 Å². The Bertz CT molecular complexity index is 662. The first kappa shape index (κ1) is 24.2. The topological polar surface area (TPSA) is 186 Å². The fourth-order valence-corrected chi connectivity index (χ4v) is 5.76. The Balaban J connectivity index is 1.32. The number of aliphatic carboxylic acids is 1. The summed E-state index contributed by atoms with van der Waals surface area (Å²) in [7, 11) is 0. The molecule has 2 aliphatic carbocycles. The molecule has 4 fully saturated rings. The zero-order chi connectivity index (χ0) is 23.2. The molecule has 0 bridgehead atoms. The van der Waals surface area contributed by atoms with Crippen LogP contribution in [0.15, 0.2) is 0 Å². The molecule has 0 aromatic heterocycles. The largest absolute Gasteiger partial charge is 0.479 e. The van der Waals surface area contributed by atoms with Crippen molar-refractivity contribution < 1.29 is 54.8 Å². The summed E-state index contributed by atoms with van der Waals surface area (Å²) in [6, 6.07) is 0. The van der Waals surface area contributed by atoms with E-state index >= 15 is 0 Å². The molecule has 184 valence electrons.